The topological polar surface area (TPSA) is 0 Å². The molecule has 0 saturated carbocycles. The van der Waals surface area contributed by atoms with Crippen molar-refractivity contribution in [2.45, 2.75) is 30.6 Å². The van der Waals surface area contributed by atoms with Gasteiger partial charge in [0.05, 0.1) is 5.38 Å². The summed E-state index contributed by atoms with van der Waals surface area (Å²) in [6, 6.07) is 0. The molecule has 1 radical (unpaired) electrons. The molecule has 0 bridgehead atoms. The minimum atomic E-state index is 0.681. The Morgan fingerprint density at radius 3 is 2.38 bits per heavy atom. The first kappa shape index (κ1) is 9.02. The van der Waals surface area contributed by atoms with Gasteiger partial charge in [-0.2, -0.15) is 0 Å². The van der Waals surface area contributed by atoms with Gasteiger partial charge in [-0.1, -0.05) is 36.4 Å². The number of halogens is 2. The van der Waals surface area contributed by atoms with Crippen molar-refractivity contribution in [3.63, 3.8) is 0 Å². The summed E-state index contributed by atoms with van der Waals surface area (Å²) in [6.45, 7) is 4.25. The highest BCUT2D eigenvalue weighted by Crippen LogP contribution is 2.21. The molecule has 0 aromatic heterocycles. The van der Waals surface area contributed by atoms with Crippen molar-refractivity contribution in [1.29, 1.82) is 0 Å². The zero-order valence-electron chi connectivity index (χ0n) is 5.25. The first-order chi connectivity index (χ1) is 3.66. The molecule has 0 aliphatic rings. The van der Waals surface area contributed by atoms with Crippen LogP contribution >= 0.6 is 34.2 Å². The molecule has 0 rings (SSSR count). The van der Waals surface area contributed by atoms with E-state index in [1.807, 2.05) is 0 Å². The molecule has 1 atom stereocenters. The molecule has 1 unspecified atom stereocenters. The van der Waals surface area contributed by atoms with Gasteiger partial charge in [0.2, 0.25) is 0 Å². The van der Waals surface area contributed by atoms with Crippen molar-refractivity contribution >= 4 is 34.2 Å². The largest absolute Gasteiger partial charge is 0.117 e. The summed E-state index contributed by atoms with van der Waals surface area (Å²) in [5, 5.41) is 1.09. The van der Waals surface area contributed by atoms with Gasteiger partial charge in [-0.15, -0.1) is 11.6 Å². The average Bonchev–Trinajstić information content (AvgIpc) is 1.65. The minimum Gasteiger partial charge on any atom is -0.117 e. The van der Waals surface area contributed by atoms with Gasteiger partial charge in [-0.25, -0.2) is 0 Å². The van der Waals surface area contributed by atoms with E-state index in [9.17, 15) is 0 Å². The Kier molecular flexibility index (Phi) is 5.48. The molecule has 0 aliphatic carbocycles. The van der Waals surface area contributed by atoms with Crippen LogP contribution in [0.3, 0.4) is 0 Å². The van der Waals surface area contributed by atoms with Crippen LogP contribution < -0.4 is 0 Å². The maximum Gasteiger partial charge on any atom is 0.0645 e. The van der Waals surface area contributed by atoms with Gasteiger partial charge in [0.25, 0.3) is 0 Å². The van der Waals surface area contributed by atoms with Gasteiger partial charge in [0.1, 0.15) is 0 Å². The van der Waals surface area contributed by atoms with E-state index >= 15 is 0 Å². The third kappa shape index (κ3) is 5.16. The third-order valence-corrected chi connectivity index (χ3v) is 1.75. The second kappa shape index (κ2) is 4.86. The van der Waals surface area contributed by atoms with Crippen LogP contribution in [0.4, 0.5) is 0 Å². The molecule has 0 aromatic carbocycles. The van der Waals surface area contributed by atoms with Crippen molar-refractivity contribution in [3.8, 4) is 0 Å². The number of hydrogen-bond acceptors (Lipinski definition) is 0. The Labute approximate surface area is 70.1 Å². The highest BCUT2D eigenvalue weighted by atomic mass is 127. The molecule has 0 aromatic rings. The summed E-state index contributed by atoms with van der Waals surface area (Å²) in [5.41, 5.74) is 0. The van der Waals surface area contributed by atoms with Gasteiger partial charge in [0.15, 0.2) is 0 Å². The average molecular weight is 246 g/mol. The van der Waals surface area contributed by atoms with Gasteiger partial charge < -0.3 is 0 Å². The molecule has 0 heterocycles. The number of alkyl halides is 1. The molecular formula is C6H11ClI. The highest BCUT2D eigenvalue weighted by molar-refractivity contribution is 14.1. The molecule has 0 N–H and O–H groups in total. The van der Waals surface area contributed by atoms with Crippen molar-refractivity contribution in [2.24, 2.45) is 0 Å². The fraction of sp³-hybridized carbons (Fsp3) is 0.833. The Morgan fingerprint density at radius 1 is 1.75 bits per heavy atom. The van der Waals surface area contributed by atoms with Crippen LogP contribution in [0, 0.1) is 5.38 Å². The van der Waals surface area contributed by atoms with Crippen molar-refractivity contribution in [3.05, 3.63) is 5.38 Å². The first-order valence-electron chi connectivity index (χ1n) is 2.81. The zero-order valence-corrected chi connectivity index (χ0v) is 8.16. The Balaban J connectivity index is 3.10. The summed E-state index contributed by atoms with van der Waals surface area (Å²) in [6.07, 6.45) is 2.06. The zero-order chi connectivity index (χ0) is 6.57. The maximum atomic E-state index is 5.77. The van der Waals surface area contributed by atoms with Crippen molar-refractivity contribution in [1.82, 2.24) is 0 Å². The van der Waals surface area contributed by atoms with Crippen LogP contribution in [0.15, 0.2) is 0 Å². The molecule has 0 saturated heterocycles. The summed E-state index contributed by atoms with van der Waals surface area (Å²) in [4.78, 5) is 0. The van der Waals surface area contributed by atoms with Gasteiger partial charge in [-0.3, -0.25) is 0 Å². The monoisotopic (exact) mass is 245 g/mol. The molecule has 0 spiro atoms. The van der Waals surface area contributed by atoms with E-state index in [0.29, 0.717) is 3.92 Å². The second-order valence-electron chi connectivity index (χ2n) is 1.86. The molecule has 2 heteroatoms. The molecule has 0 aliphatic heterocycles. The SMILES string of the molecule is CC[C](Cl)CC(C)I. The lowest BCUT2D eigenvalue weighted by Crippen LogP contribution is -1.94. The first-order valence-corrected chi connectivity index (χ1v) is 4.43. The minimum absolute atomic E-state index is 0.681. The van der Waals surface area contributed by atoms with Gasteiger partial charge in [0, 0.05) is 3.92 Å². The third-order valence-electron chi connectivity index (χ3n) is 0.886. The normalized spacial score (nSPS) is 14.6. The summed E-state index contributed by atoms with van der Waals surface area (Å²) in [5.74, 6) is 0. The van der Waals surface area contributed by atoms with Crippen LogP contribution in [-0.4, -0.2) is 3.92 Å². The molecule has 8 heavy (non-hydrogen) atoms. The smallest absolute Gasteiger partial charge is 0.0645 e. The summed E-state index contributed by atoms with van der Waals surface area (Å²) in [7, 11) is 0. The van der Waals surface area contributed by atoms with Gasteiger partial charge >= 0.3 is 0 Å². The van der Waals surface area contributed by atoms with E-state index in [-0.39, 0.29) is 0 Å². The standard InChI is InChI=1S/C6H11ClI/c1-3-6(7)4-5(2)8/h5H,3-4H2,1-2H3. The lowest BCUT2D eigenvalue weighted by molar-refractivity contribution is 0.855. The van der Waals surface area contributed by atoms with Crippen LogP contribution in [-0.2, 0) is 0 Å². The Hall–Kier alpha value is 1.02. The van der Waals surface area contributed by atoms with Crippen LogP contribution in [0.5, 0.6) is 0 Å². The Morgan fingerprint density at radius 2 is 2.25 bits per heavy atom. The van der Waals surface area contributed by atoms with Crippen LogP contribution in [0.2, 0.25) is 0 Å². The van der Waals surface area contributed by atoms with E-state index < -0.39 is 0 Å². The Bertz CT molecular complexity index is 54.5. The van der Waals surface area contributed by atoms with Gasteiger partial charge in [-0.05, 0) is 12.8 Å². The predicted octanol–water partition coefficient (Wildman–Crippen LogP) is 3.38. The van der Waals surface area contributed by atoms with Crippen molar-refractivity contribution in [2.75, 3.05) is 0 Å². The molecule has 49 valence electrons. The maximum absolute atomic E-state index is 5.77. The van der Waals surface area contributed by atoms with Crippen molar-refractivity contribution < 1.29 is 0 Å². The van der Waals surface area contributed by atoms with Crippen LogP contribution in [0.25, 0.3) is 0 Å². The van der Waals surface area contributed by atoms with E-state index in [0.717, 1.165) is 18.2 Å². The van der Waals surface area contributed by atoms with E-state index in [2.05, 4.69) is 36.4 Å². The quantitative estimate of drug-likeness (QED) is 0.528. The van der Waals surface area contributed by atoms with E-state index in [1.54, 1.807) is 0 Å². The molecule has 0 nitrogen and oxygen atoms in total. The van der Waals surface area contributed by atoms with E-state index in [1.165, 1.54) is 0 Å². The molecular weight excluding hydrogens is 234 g/mol. The number of hydrogen-bond donors (Lipinski definition) is 0. The number of rotatable bonds is 3. The fourth-order valence-electron chi connectivity index (χ4n) is 0.450. The lowest BCUT2D eigenvalue weighted by Gasteiger charge is -2.05. The van der Waals surface area contributed by atoms with E-state index in [4.69, 9.17) is 11.6 Å². The second-order valence-corrected chi connectivity index (χ2v) is 4.52. The lowest BCUT2D eigenvalue weighted by atomic mass is 10.2. The summed E-state index contributed by atoms with van der Waals surface area (Å²) < 4.78 is 0.681. The fourth-order valence-corrected chi connectivity index (χ4v) is 1.47. The molecule has 0 fully saturated rings. The van der Waals surface area contributed by atoms with Crippen LogP contribution in [0.1, 0.15) is 26.7 Å². The molecule has 0 amide bonds. The predicted molar refractivity (Wildman–Crippen MR) is 47.5 cm³/mol. The highest BCUT2D eigenvalue weighted by Gasteiger charge is 2.04. The summed E-state index contributed by atoms with van der Waals surface area (Å²) >= 11 is 8.15.